The number of rotatable bonds is 5. The van der Waals surface area contributed by atoms with Crippen molar-refractivity contribution in [3.8, 4) is 0 Å². The van der Waals surface area contributed by atoms with Crippen molar-refractivity contribution in [3.05, 3.63) is 118 Å². The number of hydrogen-bond acceptors (Lipinski definition) is 4. The molecule has 0 N–H and O–H groups in total. The van der Waals surface area contributed by atoms with E-state index in [9.17, 15) is 9.59 Å². The molecule has 0 aliphatic heterocycles. The maximum atomic E-state index is 13.8. The Labute approximate surface area is 253 Å². The molecular weight excluding hydrogens is 568 g/mol. The van der Waals surface area contributed by atoms with Gasteiger partial charge in [-0.2, -0.15) is 0 Å². The minimum Gasteiger partial charge on any atom is -1.00 e. The fraction of sp³-hybridized carbons (Fsp3) is 0.257. The number of carbonyl (C=O) groups is 2. The maximum Gasteiger partial charge on any atom is -1.00 e. The van der Waals surface area contributed by atoms with Gasteiger partial charge in [0.05, 0.1) is 0 Å². The minimum atomic E-state index is -3.21. The third-order valence-electron chi connectivity index (χ3n) is 8.77. The van der Waals surface area contributed by atoms with Crippen LogP contribution in [-0.2, 0) is 25.3 Å². The van der Waals surface area contributed by atoms with Gasteiger partial charge in [-0.1, -0.05) is 0 Å². The molecule has 4 aromatic rings. The van der Waals surface area contributed by atoms with Crippen LogP contribution in [0.5, 0.6) is 0 Å². The van der Waals surface area contributed by atoms with Crippen molar-refractivity contribution in [1.29, 1.82) is 0 Å². The first-order valence-electron chi connectivity index (χ1n) is 14.4. The zero-order chi connectivity index (χ0) is 27.1. The van der Waals surface area contributed by atoms with Crippen LogP contribution in [0.25, 0.3) is 21.5 Å². The van der Waals surface area contributed by atoms with E-state index in [-0.39, 0.29) is 28.6 Å². The summed E-state index contributed by atoms with van der Waals surface area (Å²) in [4.78, 5) is 27.6. The fourth-order valence-electron chi connectivity index (χ4n) is 6.88. The van der Waals surface area contributed by atoms with E-state index >= 15 is 0 Å². The van der Waals surface area contributed by atoms with Gasteiger partial charge in [0.1, 0.15) is 0 Å². The standard InChI is InChI=1S/C13H17.2C11H8O2.ClH.Ti/c1-3-7-12-10(5-1)9-11-6-2-4-8-13(11)12;2*12-11(13)10-7-3-5-8-4-1-2-6-9(8)10;;/h5H,1-4,6-9H2;2*1-7H,(H,12,13);1H;/q;;;;+3/p-3. The van der Waals surface area contributed by atoms with Gasteiger partial charge in [0, 0.05) is 0 Å². The number of halogens is 1. The SMILES string of the molecule is O=C([O][Ti+]([O]C(=O)c1cccc2ccccc12)[CH]1CCCC2=C1CC1=C2CCCC1)c1cccc2ccccc12.[Cl-]. The molecule has 4 nitrogen and oxygen atoms in total. The van der Waals surface area contributed by atoms with E-state index in [2.05, 4.69) is 0 Å². The largest absolute Gasteiger partial charge is 1.00 e. The van der Waals surface area contributed by atoms with Gasteiger partial charge in [0.25, 0.3) is 0 Å². The molecule has 6 heteroatoms. The Balaban J connectivity index is 0.00000302. The zero-order valence-electron chi connectivity index (χ0n) is 22.8. The molecule has 0 aromatic heterocycles. The Morgan fingerprint density at radius 2 is 1.17 bits per heavy atom. The molecule has 1 unspecified atom stereocenters. The summed E-state index contributed by atoms with van der Waals surface area (Å²) in [6.07, 6.45) is 8.80. The second kappa shape index (κ2) is 12.0. The Bertz CT molecular complexity index is 1620. The third kappa shape index (κ3) is 5.30. The van der Waals surface area contributed by atoms with Crippen LogP contribution in [0.4, 0.5) is 0 Å². The predicted octanol–water partition coefficient (Wildman–Crippen LogP) is 6.00. The molecule has 4 aromatic carbocycles. The Morgan fingerprint density at radius 3 is 1.80 bits per heavy atom. The first-order chi connectivity index (χ1) is 19.7. The summed E-state index contributed by atoms with van der Waals surface area (Å²) in [6.45, 7) is 0. The maximum absolute atomic E-state index is 13.8. The monoisotopic (exact) mass is 598 g/mol. The van der Waals surface area contributed by atoms with Gasteiger partial charge in [0.2, 0.25) is 0 Å². The van der Waals surface area contributed by atoms with E-state index < -0.39 is 18.6 Å². The predicted molar refractivity (Wildman–Crippen MR) is 153 cm³/mol. The number of hydrogen-bond donors (Lipinski definition) is 0. The van der Waals surface area contributed by atoms with E-state index in [1.807, 2.05) is 84.9 Å². The van der Waals surface area contributed by atoms with Gasteiger partial charge in [-0.15, -0.1) is 0 Å². The number of benzene rings is 4. The second-order valence-corrected chi connectivity index (χ2v) is 13.8. The van der Waals surface area contributed by atoms with Crippen LogP contribution in [0.1, 0.15) is 72.1 Å². The number of allylic oxidation sites excluding steroid dienone is 4. The molecule has 41 heavy (non-hydrogen) atoms. The van der Waals surface area contributed by atoms with Crippen molar-refractivity contribution >= 4 is 33.5 Å². The summed E-state index contributed by atoms with van der Waals surface area (Å²) < 4.78 is 12.8. The molecule has 0 saturated heterocycles. The molecule has 0 amide bonds. The fourth-order valence-corrected chi connectivity index (χ4v) is 9.87. The molecule has 0 bridgehead atoms. The van der Waals surface area contributed by atoms with Crippen LogP contribution in [0.2, 0.25) is 4.22 Å². The Kier molecular flexibility index (Phi) is 8.17. The summed E-state index contributed by atoms with van der Waals surface area (Å²) in [5, 5.41) is 3.69. The summed E-state index contributed by atoms with van der Waals surface area (Å²) in [6, 6.07) is 27.1. The molecule has 0 radical (unpaired) electrons. The molecule has 3 aliphatic rings. The first kappa shape index (κ1) is 28.0. The Morgan fingerprint density at radius 1 is 0.634 bits per heavy atom. The van der Waals surface area contributed by atoms with Crippen LogP contribution in [-0.4, -0.2) is 11.9 Å². The normalized spacial score (nSPS) is 18.0. The first-order valence-corrected chi connectivity index (χ1v) is 16.5. The van der Waals surface area contributed by atoms with Crippen molar-refractivity contribution < 1.29 is 47.3 Å². The van der Waals surface area contributed by atoms with E-state index in [4.69, 9.17) is 6.64 Å². The topological polar surface area (TPSA) is 52.6 Å². The van der Waals surface area contributed by atoms with Crippen LogP contribution >= 0.6 is 0 Å². The van der Waals surface area contributed by atoms with Crippen molar-refractivity contribution in [1.82, 2.24) is 0 Å². The van der Waals surface area contributed by atoms with Crippen molar-refractivity contribution in [2.45, 2.75) is 55.6 Å². The molecule has 1 atom stereocenters. The van der Waals surface area contributed by atoms with Gasteiger partial charge >= 0.3 is 242 Å². The van der Waals surface area contributed by atoms with Crippen LogP contribution in [0, 0.1) is 0 Å². The molecular formula is C35H31ClO4Ti. The summed E-state index contributed by atoms with van der Waals surface area (Å²) >= 11 is -3.21. The van der Waals surface area contributed by atoms with Crippen molar-refractivity contribution in [2.75, 3.05) is 0 Å². The molecule has 0 saturated carbocycles. The Hall–Kier alpha value is -3.18. The van der Waals surface area contributed by atoms with Gasteiger partial charge in [-0.3, -0.25) is 0 Å². The summed E-state index contributed by atoms with van der Waals surface area (Å²) in [5.41, 5.74) is 7.06. The number of carbonyl (C=O) groups excluding carboxylic acids is 2. The van der Waals surface area contributed by atoms with Gasteiger partial charge in [-0.05, 0) is 0 Å². The van der Waals surface area contributed by atoms with Crippen LogP contribution < -0.4 is 12.4 Å². The average Bonchev–Trinajstić information content (AvgIpc) is 3.39. The second-order valence-electron chi connectivity index (χ2n) is 11.1. The van der Waals surface area contributed by atoms with E-state index in [0.29, 0.717) is 11.1 Å². The van der Waals surface area contributed by atoms with Gasteiger partial charge in [-0.25, -0.2) is 0 Å². The van der Waals surface area contributed by atoms with Crippen molar-refractivity contribution in [3.63, 3.8) is 0 Å². The van der Waals surface area contributed by atoms with Gasteiger partial charge < -0.3 is 12.4 Å². The zero-order valence-corrected chi connectivity index (χ0v) is 25.1. The molecule has 0 heterocycles. The molecule has 206 valence electrons. The third-order valence-corrected chi connectivity index (χ3v) is 11.9. The van der Waals surface area contributed by atoms with Crippen LogP contribution in [0.15, 0.2) is 107 Å². The smallest absolute Gasteiger partial charge is 1.00 e. The van der Waals surface area contributed by atoms with E-state index in [1.165, 1.54) is 24.0 Å². The summed E-state index contributed by atoms with van der Waals surface area (Å²) in [5.74, 6) is -0.776. The summed E-state index contributed by atoms with van der Waals surface area (Å²) in [7, 11) is 0. The number of fused-ring (bicyclic) bond motifs is 3. The molecule has 0 spiro atoms. The van der Waals surface area contributed by atoms with Crippen molar-refractivity contribution in [2.24, 2.45) is 0 Å². The minimum absolute atomic E-state index is 0. The quantitative estimate of drug-likeness (QED) is 0.265. The van der Waals surface area contributed by atoms with Crippen LogP contribution in [0.3, 0.4) is 0 Å². The van der Waals surface area contributed by atoms with E-state index in [0.717, 1.165) is 60.1 Å². The average molecular weight is 599 g/mol. The molecule has 3 aliphatic carbocycles. The molecule has 7 rings (SSSR count). The van der Waals surface area contributed by atoms with E-state index in [1.54, 1.807) is 11.1 Å². The molecule has 0 fully saturated rings. The van der Waals surface area contributed by atoms with Gasteiger partial charge in [0.15, 0.2) is 0 Å².